The molecular weight excluding hydrogens is 234 g/mol. The smallest absolute Gasteiger partial charge is 0.126 e. The minimum Gasteiger partial charge on any atom is -0.496 e. The van der Waals surface area contributed by atoms with Crippen molar-refractivity contribution in [2.45, 2.75) is 19.3 Å². The number of nitrogens with two attached hydrogens (primary N) is 1. The minimum atomic E-state index is 0.0132. The first-order valence-electron chi connectivity index (χ1n) is 6.52. The molecule has 0 fully saturated rings. The van der Waals surface area contributed by atoms with Gasteiger partial charge >= 0.3 is 0 Å². The van der Waals surface area contributed by atoms with Gasteiger partial charge in [0.2, 0.25) is 0 Å². The van der Waals surface area contributed by atoms with E-state index in [2.05, 4.69) is 44.2 Å². The molecule has 0 saturated heterocycles. The van der Waals surface area contributed by atoms with E-state index in [9.17, 15) is 0 Å². The Balaban J connectivity index is 2.38. The fourth-order valence-electron chi connectivity index (χ4n) is 2.10. The van der Waals surface area contributed by atoms with Crippen LogP contribution in [0.25, 0.3) is 11.1 Å². The third-order valence-corrected chi connectivity index (χ3v) is 3.59. The number of para-hydroxylation sites is 1. The van der Waals surface area contributed by atoms with Crippen LogP contribution in [0.2, 0.25) is 0 Å². The van der Waals surface area contributed by atoms with Crippen LogP contribution >= 0.6 is 0 Å². The van der Waals surface area contributed by atoms with E-state index >= 15 is 0 Å². The first-order chi connectivity index (χ1) is 9.08. The molecule has 2 N–H and O–H groups in total. The van der Waals surface area contributed by atoms with Crippen LogP contribution in [-0.2, 0) is 5.41 Å². The highest BCUT2D eigenvalue weighted by molar-refractivity contribution is 5.70. The van der Waals surface area contributed by atoms with Crippen molar-refractivity contribution in [3.8, 4) is 16.9 Å². The van der Waals surface area contributed by atoms with E-state index in [0.717, 1.165) is 16.9 Å². The maximum Gasteiger partial charge on any atom is 0.126 e. The fraction of sp³-hybridized carbons (Fsp3) is 0.294. The molecule has 0 aliphatic carbocycles. The molecule has 19 heavy (non-hydrogen) atoms. The van der Waals surface area contributed by atoms with Gasteiger partial charge in [0, 0.05) is 17.5 Å². The molecule has 2 aromatic rings. The third-order valence-electron chi connectivity index (χ3n) is 3.59. The molecule has 0 aliphatic rings. The van der Waals surface area contributed by atoms with E-state index in [1.807, 2.05) is 18.2 Å². The largest absolute Gasteiger partial charge is 0.496 e. The van der Waals surface area contributed by atoms with Gasteiger partial charge in [-0.2, -0.15) is 0 Å². The van der Waals surface area contributed by atoms with Crippen molar-refractivity contribution < 1.29 is 4.74 Å². The maximum atomic E-state index is 5.81. The van der Waals surface area contributed by atoms with Gasteiger partial charge in [-0.15, -0.1) is 0 Å². The van der Waals surface area contributed by atoms with E-state index in [1.54, 1.807) is 7.11 Å². The molecule has 0 radical (unpaired) electrons. The van der Waals surface area contributed by atoms with Crippen LogP contribution in [-0.4, -0.2) is 13.7 Å². The summed E-state index contributed by atoms with van der Waals surface area (Å²) in [6, 6.07) is 16.6. The first kappa shape index (κ1) is 13.6. The van der Waals surface area contributed by atoms with Gasteiger partial charge in [-0.3, -0.25) is 0 Å². The number of rotatable bonds is 4. The van der Waals surface area contributed by atoms with E-state index < -0.39 is 0 Å². The second-order valence-electron chi connectivity index (χ2n) is 5.37. The number of hydrogen-bond acceptors (Lipinski definition) is 2. The van der Waals surface area contributed by atoms with Crippen molar-refractivity contribution in [3.63, 3.8) is 0 Å². The Hall–Kier alpha value is -1.80. The quantitative estimate of drug-likeness (QED) is 0.906. The first-order valence-corrected chi connectivity index (χ1v) is 6.52. The second kappa shape index (κ2) is 5.45. The molecule has 100 valence electrons. The Kier molecular flexibility index (Phi) is 3.91. The molecule has 2 aromatic carbocycles. The lowest BCUT2D eigenvalue weighted by Crippen LogP contribution is -2.27. The fourth-order valence-corrected chi connectivity index (χ4v) is 2.10. The van der Waals surface area contributed by atoms with Gasteiger partial charge in [0.15, 0.2) is 0 Å². The summed E-state index contributed by atoms with van der Waals surface area (Å²) >= 11 is 0. The van der Waals surface area contributed by atoms with Crippen molar-refractivity contribution in [3.05, 3.63) is 54.1 Å². The summed E-state index contributed by atoms with van der Waals surface area (Å²) < 4.78 is 5.40. The highest BCUT2D eigenvalue weighted by atomic mass is 16.5. The van der Waals surface area contributed by atoms with Gasteiger partial charge in [-0.25, -0.2) is 0 Å². The van der Waals surface area contributed by atoms with Crippen LogP contribution in [0, 0.1) is 0 Å². The van der Waals surface area contributed by atoms with Crippen molar-refractivity contribution >= 4 is 0 Å². The van der Waals surface area contributed by atoms with Crippen LogP contribution in [0.15, 0.2) is 48.5 Å². The van der Waals surface area contributed by atoms with Crippen molar-refractivity contribution in [2.24, 2.45) is 5.73 Å². The van der Waals surface area contributed by atoms with E-state index in [0.29, 0.717) is 6.54 Å². The molecule has 0 aliphatic heterocycles. The molecular formula is C17H21NO. The molecule has 0 heterocycles. The second-order valence-corrected chi connectivity index (χ2v) is 5.37. The summed E-state index contributed by atoms with van der Waals surface area (Å²) in [5, 5.41) is 0. The lowest BCUT2D eigenvalue weighted by Gasteiger charge is -2.23. The Morgan fingerprint density at radius 3 is 2.21 bits per heavy atom. The standard InChI is InChI=1S/C17H21NO/c1-17(2,12-18)14-10-8-13(9-11-14)15-6-4-5-7-16(15)19-3/h4-11H,12,18H2,1-3H3. The molecule has 0 amide bonds. The van der Waals surface area contributed by atoms with Crippen LogP contribution in [0.1, 0.15) is 19.4 Å². The lowest BCUT2D eigenvalue weighted by molar-refractivity contribution is 0.416. The molecule has 2 rings (SSSR count). The summed E-state index contributed by atoms with van der Waals surface area (Å²) in [5.41, 5.74) is 9.36. The van der Waals surface area contributed by atoms with Crippen LogP contribution in [0.5, 0.6) is 5.75 Å². The predicted octanol–water partition coefficient (Wildman–Crippen LogP) is 3.60. The highest BCUT2D eigenvalue weighted by Crippen LogP contribution is 2.31. The highest BCUT2D eigenvalue weighted by Gasteiger charge is 2.18. The lowest BCUT2D eigenvalue weighted by atomic mass is 9.84. The van der Waals surface area contributed by atoms with Crippen LogP contribution < -0.4 is 10.5 Å². The van der Waals surface area contributed by atoms with Gasteiger partial charge in [-0.1, -0.05) is 56.3 Å². The predicted molar refractivity (Wildman–Crippen MR) is 80.5 cm³/mol. The molecule has 2 heteroatoms. The summed E-state index contributed by atoms with van der Waals surface area (Å²) in [5.74, 6) is 0.897. The summed E-state index contributed by atoms with van der Waals surface area (Å²) in [6.07, 6.45) is 0. The zero-order chi connectivity index (χ0) is 13.9. The van der Waals surface area contributed by atoms with Gasteiger partial charge in [-0.05, 0) is 17.2 Å². The van der Waals surface area contributed by atoms with E-state index in [-0.39, 0.29) is 5.41 Å². The normalized spacial score (nSPS) is 11.4. The summed E-state index contributed by atoms with van der Waals surface area (Å²) in [6.45, 7) is 4.96. The Labute approximate surface area is 115 Å². The van der Waals surface area contributed by atoms with E-state index in [1.165, 1.54) is 5.56 Å². The molecule has 0 bridgehead atoms. The average Bonchev–Trinajstić information content (AvgIpc) is 2.47. The monoisotopic (exact) mass is 255 g/mol. The van der Waals surface area contributed by atoms with Gasteiger partial charge in [0.05, 0.1) is 7.11 Å². The maximum absolute atomic E-state index is 5.81. The summed E-state index contributed by atoms with van der Waals surface area (Å²) in [4.78, 5) is 0. The Bertz CT molecular complexity index is 543. The molecule has 0 unspecified atom stereocenters. The van der Waals surface area contributed by atoms with Gasteiger partial charge in [0.25, 0.3) is 0 Å². The molecule has 0 aromatic heterocycles. The number of hydrogen-bond donors (Lipinski definition) is 1. The van der Waals surface area contributed by atoms with Crippen molar-refractivity contribution in [2.75, 3.05) is 13.7 Å². The van der Waals surface area contributed by atoms with Crippen LogP contribution in [0.4, 0.5) is 0 Å². The third kappa shape index (κ3) is 2.79. The number of ether oxygens (including phenoxy) is 1. The average molecular weight is 255 g/mol. The van der Waals surface area contributed by atoms with Crippen molar-refractivity contribution in [1.82, 2.24) is 0 Å². The van der Waals surface area contributed by atoms with Gasteiger partial charge < -0.3 is 10.5 Å². The zero-order valence-electron chi connectivity index (χ0n) is 11.8. The molecule has 2 nitrogen and oxygen atoms in total. The van der Waals surface area contributed by atoms with Gasteiger partial charge in [0.1, 0.15) is 5.75 Å². The van der Waals surface area contributed by atoms with Crippen LogP contribution in [0.3, 0.4) is 0 Å². The number of methoxy groups -OCH3 is 1. The zero-order valence-corrected chi connectivity index (χ0v) is 11.8. The molecule has 0 atom stereocenters. The Morgan fingerprint density at radius 2 is 1.63 bits per heavy atom. The van der Waals surface area contributed by atoms with E-state index in [4.69, 9.17) is 10.5 Å². The number of benzene rings is 2. The Morgan fingerprint density at radius 1 is 1.00 bits per heavy atom. The minimum absolute atomic E-state index is 0.0132. The molecule has 0 spiro atoms. The SMILES string of the molecule is COc1ccccc1-c1ccc(C(C)(C)CN)cc1. The van der Waals surface area contributed by atoms with Crippen molar-refractivity contribution in [1.29, 1.82) is 0 Å². The topological polar surface area (TPSA) is 35.2 Å². The molecule has 0 saturated carbocycles. The summed E-state index contributed by atoms with van der Waals surface area (Å²) in [7, 11) is 1.70.